The Bertz CT molecular complexity index is 1260. The van der Waals surface area contributed by atoms with E-state index in [0.29, 0.717) is 18.6 Å². The van der Waals surface area contributed by atoms with Crippen LogP contribution in [0.4, 0.5) is 0 Å². The lowest BCUT2D eigenvalue weighted by molar-refractivity contribution is -0.0292. The van der Waals surface area contributed by atoms with Crippen LogP contribution in [0.5, 0.6) is 0 Å². The molecule has 2 heterocycles. The zero-order valence-electron chi connectivity index (χ0n) is 21.6. The van der Waals surface area contributed by atoms with Crippen molar-refractivity contribution in [1.29, 1.82) is 0 Å². The minimum atomic E-state index is -2.72. The van der Waals surface area contributed by atoms with Crippen LogP contribution < -0.4 is 21.6 Å². The van der Waals surface area contributed by atoms with Crippen LogP contribution in [0.2, 0.25) is 5.04 Å². The topological polar surface area (TPSA) is 73.3 Å². The molecular weight excluding hydrogens is 468 g/mol. The van der Waals surface area contributed by atoms with Crippen LogP contribution in [-0.2, 0) is 9.16 Å². The molecular formula is C29H36N2O4Si. The lowest BCUT2D eigenvalue weighted by Crippen LogP contribution is -2.67. The summed E-state index contributed by atoms with van der Waals surface area (Å²) in [5.74, 6) is 0.143. The summed E-state index contributed by atoms with van der Waals surface area (Å²) in [5, 5.41) is 2.28. The number of ether oxygens (including phenoxy) is 1. The molecule has 4 rings (SSSR count). The fourth-order valence-corrected chi connectivity index (χ4v) is 9.93. The van der Waals surface area contributed by atoms with Gasteiger partial charge in [0.05, 0.1) is 12.7 Å². The molecule has 6 nitrogen and oxygen atoms in total. The lowest BCUT2D eigenvalue weighted by Gasteiger charge is -2.43. The van der Waals surface area contributed by atoms with Crippen LogP contribution in [0, 0.1) is 12.8 Å². The second kappa shape index (κ2) is 10.5. The number of nitrogens with one attached hydrogen (secondary N) is 1. The van der Waals surface area contributed by atoms with E-state index in [1.54, 1.807) is 13.1 Å². The van der Waals surface area contributed by atoms with Gasteiger partial charge in [-0.1, -0.05) is 87.5 Å². The molecule has 0 bridgehead atoms. The molecule has 1 aliphatic rings. The number of aryl methyl sites for hydroxylation is 1. The minimum Gasteiger partial charge on any atom is -0.405 e. The molecule has 0 radical (unpaired) electrons. The summed E-state index contributed by atoms with van der Waals surface area (Å²) >= 11 is 0. The maximum Gasteiger partial charge on any atom is 0.330 e. The van der Waals surface area contributed by atoms with E-state index < -0.39 is 20.2 Å². The van der Waals surface area contributed by atoms with Gasteiger partial charge in [0, 0.05) is 11.8 Å². The third-order valence-electron chi connectivity index (χ3n) is 7.17. The molecule has 0 amide bonds. The number of hydrogen-bond acceptors (Lipinski definition) is 4. The molecule has 3 aromatic rings. The van der Waals surface area contributed by atoms with Crippen molar-refractivity contribution in [2.75, 3.05) is 6.61 Å². The minimum absolute atomic E-state index is 0.143. The van der Waals surface area contributed by atoms with Crippen molar-refractivity contribution >= 4 is 18.7 Å². The molecule has 1 aliphatic heterocycles. The summed E-state index contributed by atoms with van der Waals surface area (Å²) in [4.78, 5) is 26.8. The van der Waals surface area contributed by atoms with Crippen LogP contribution in [-0.4, -0.2) is 30.6 Å². The predicted octanol–water partition coefficient (Wildman–Crippen LogP) is 3.90. The third kappa shape index (κ3) is 4.96. The number of benzene rings is 2. The normalized spacial score (nSPS) is 20.4. The number of nitrogens with zero attached hydrogens (tertiary/aromatic N) is 1. The molecule has 3 atom stereocenters. The molecule has 1 fully saturated rings. The van der Waals surface area contributed by atoms with Gasteiger partial charge in [-0.15, -0.1) is 6.58 Å². The first-order valence-electron chi connectivity index (χ1n) is 12.5. The highest BCUT2D eigenvalue weighted by Gasteiger charge is 2.51. The molecule has 1 saturated heterocycles. The standard InChI is InChI=1S/C29H36N2O4Si/c1-6-13-22-18-26(31-19-21(2)27(32)30-28(31)33)35-25(22)20-34-36(29(3,4)5,23-14-9-7-10-15-23)24-16-11-8-12-17-24/h6-12,14-17,19,22,25-26H,1,13,18,20H2,2-5H3,(H,30,32,33)/t22?,25-,26-/m1/s1. The maximum atomic E-state index is 12.6. The van der Waals surface area contributed by atoms with Crippen molar-refractivity contribution < 1.29 is 9.16 Å². The average Bonchev–Trinajstić information content (AvgIpc) is 3.25. The van der Waals surface area contributed by atoms with E-state index in [4.69, 9.17) is 9.16 Å². The molecule has 0 saturated carbocycles. The van der Waals surface area contributed by atoms with Gasteiger partial charge in [0.2, 0.25) is 0 Å². The number of aromatic amines is 1. The van der Waals surface area contributed by atoms with Gasteiger partial charge in [-0.2, -0.15) is 0 Å². The van der Waals surface area contributed by atoms with E-state index in [-0.39, 0.29) is 22.6 Å². The summed E-state index contributed by atoms with van der Waals surface area (Å²) in [5.41, 5.74) is -0.351. The Morgan fingerprint density at radius 2 is 1.67 bits per heavy atom. The molecule has 0 spiro atoms. The third-order valence-corrected chi connectivity index (χ3v) is 12.2. The number of aromatic nitrogens is 2. The van der Waals surface area contributed by atoms with E-state index in [2.05, 4.69) is 80.9 Å². The number of rotatable bonds is 8. The van der Waals surface area contributed by atoms with Crippen molar-refractivity contribution in [3.05, 3.63) is 106 Å². The number of H-pyrrole nitrogens is 1. The second-order valence-electron chi connectivity index (χ2n) is 10.6. The van der Waals surface area contributed by atoms with Gasteiger partial charge < -0.3 is 9.16 Å². The highest BCUT2D eigenvalue weighted by Crippen LogP contribution is 2.39. The lowest BCUT2D eigenvalue weighted by atomic mass is 9.97. The fourth-order valence-electron chi connectivity index (χ4n) is 5.36. The van der Waals surface area contributed by atoms with Crippen molar-refractivity contribution in [3.8, 4) is 0 Å². The summed E-state index contributed by atoms with van der Waals surface area (Å²) in [6.07, 6.45) is 4.20. The summed E-state index contributed by atoms with van der Waals surface area (Å²) in [7, 11) is -2.72. The smallest absolute Gasteiger partial charge is 0.330 e. The first-order valence-corrected chi connectivity index (χ1v) is 14.4. The highest BCUT2D eigenvalue weighted by molar-refractivity contribution is 6.99. The van der Waals surface area contributed by atoms with Crippen molar-refractivity contribution in [1.82, 2.24) is 9.55 Å². The summed E-state index contributed by atoms with van der Waals surface area (Å²) < 4.78 is 15.1. The first kappa shape index (κ1) is 26.1. The molecule has 1 aromatic heterocycles. The van der Waals surface area contributed by atoms with Gasteiger partial charge in [0.25, 0.3) is 13.9 Å². The zero-order chi connectivity index (χ0) is 25.9. The van der Waals surface area contributed by atoms with Crippen LogP contribution in [0.3, 0.4) is 0 Å². The maximum absolute atomic E-state index is 12.6. The molecule has 0 aliphatic carbocycles. The van der Waals surface area contributed by atoms with E-state index in [0.717, 1.165) is 6.42 Å². The molecule has 1 unspecified atom stereocenters. The van der Waals surface area contributed by atoms with Gasteiger partial charge in [-0.3, -0.25) is 14.3 Å². The highest BCUT2D eigenvalue weighted by atomic mass is 28.4. The fraction of sp³-hybridized carbons (Fsp3) is 0.379. The Balaban J connectivity index is 1.70. The van der Waals surface area contributed by atoms with Crippen LogP contribution in [0.25, 0.3) is 0 Å². The van der Waals surface area contributed by atoms with Gasteiger partial charge >= 0.3 is 5.69 Å². The van der Waals surface area contributed by atoms with Crippen molar-refractivity contribution in [2.45, 2.75) is 57.9 Å². The first-order chi connectivity index (χ1) is 17.2. The van der Waals surface area contributed by atoms with Gasteiger partial charge in [-0.25, -0.2) is 4.79 Å². The molecule has 2 aromatic carbocycles. The van der Waals surface area contributed by atoms with Crippen molar-refractivity contribution in [3.63, 3.8) is 0 Å². The van der Waals surface area contributed by atoms with Crippen LogP contribution >= 0.6 is 0 Å². The van der Waals surface area contributed by atoms with Crippen molar-refractivity contribution in [2.24, 2.45) is 5.92 Å². The number of allylic oxidation sites excluding steroid dienone is 1. The van der Waals surface area contributed by atoms with E-state index >= 15 is 0 Å². The van der Waals surface area contributed by atoms with E-state index in [9.17, 15) is 9.59 Å². The van der Waals surface area contributed by atoms with E-state index in [1.165, 1.54) is 14.9 Å². The Labute approximate surface area is 213 Å². The average molecular weight is 505 g/mol. The van der Waals surface area contributed by atoms with Gasteiger partial charge in [0.1, 0.15) is 6.23 Å². The van der Waals surface area contributed by atoms with Crippen LogP contribution in [0.1, 0.15) is 45.4 Å². The van der Waals surface area contributed by atoms with Crippen LogP contribution in [0.15, 0.2) is 89.1 Å². The molecule has 190 valence electrons. The summed E-state index contributed by atoms with van der Waals surface area (Å²) in [6, 6.07) is 21.0. The van der Waals surface area contributed by atoms with E-state index in [1.807, 2.05) is 18.2 Å². The molecule has 1 N–H and O–H groups in total. The SMILES string of the molecule is C=CCC1C[C@H](n2cc(C)c(=O)[nH]c2=O)O[C@@H]1CO[Si](c1ccccc1)(c1ccccc1)C(C)(C)C. The second-order valence-corrected chi connectivity index (χ2v) is 14.9. The number of hydrogen-bond donors (Lipinski definition) is 1. The largest absolute Gasteiger partial charge is 0.405 e. The zero-order valence-corrected chi connectivity index (χ0v) is 22.6. The quantitative estimate of drug-likeness (QED) is 0.373. The summed E-state index contributed by atoms with van der Waals surface area (Å²) in [6.45, 7) is 12.8. The Hall–Kier alpha value is -3.00. The Kier molecular flexibility index (Phi) is 7.64. The predicted molar refractivity (Wildman–Crippen MR) is 146 cm³/mol. The molecule has 7 heteroatoms. The molecule has 36 heavy (non-hydrogen) atoms. The van der Waals surface area contributed by atoms with Gasteiger partial charge in [0.15, 0.2) is 0 Å². The Morgan fingerprint density at radius 3 is 2.19 bits per heavy atom. The monoisotopic (exact) mass is 504 g/mol. The van der Waals surface area contributed by atoms with Gasteiger partial charge in [-0.05, 0) is 41.1 Å². The Morgan fingerprint density at radius 1 is 1.08 bits per heavy atom.